The maximum atomic E-state index is 10.5. The number of rotatable bonds is 6. The predicted molar refractivity (Wildman–Crippen MR) is 43.7 cm³/mol. The third-order valence-corrected chi connectivity index (χ3v) is 1.29. The number of alkyl carbamates (subject to hydrolysis) is 1. The van der Waals surface area contributed by atoms with E-state index in [0.29, 0.717) is 19.5 Å². The second-order valence-corrected chi connectivity index (χ2v) is 2.20. The molecule has 2 N–H and O–H groups in total. The summed E-state index contributed by atoms with van der Waals surface area (Å²) in [6, 6.07) is 0. The van der Waals surface area contributed by atoms with Crippen LogP contribution in [0.2, 0.25) is 0 Å². The largest absolute Gasteiger partial charge is 0.453 e. The fourth-order valence-electron chi connectivity index (χ4n) is 0.674. The third-order valence-electron chi connectivity index (χ3n) is 1.29. The molecule has 0 heterocycles. The lowest BCUT2D eigenvalue weighted by atomic mass is 10.3. The quantitative estimate of drug-likeness (QED) is 0.435. The van der Waals surface area contributed by atoms with Crippen LogP contribution in [0.1, 0.15) is 12.8 Å². The highest BCUT2D eigenvalue weighted by Crippen LogP contribution is 1.84. The van der Waals surface area contributed by atoms with Gasteiger partial charge < -0.3 is 15.4 Å². The second-order valence-electron chi connectivity index (χ2n) is 2.20. The van der Waals surface area contributed by atoms with Gasteiger partial charge in [-0.05, 0) is 12.8 Å². The van der Waals surface area contributed by atoms with Gasteiger partial charge in [-0.15, -0.1) is 0 Å². The van der Waals surface area contributed by atoms with E-state index in [-0.39, 0.29) is 0 Å². The molecule has 5 nitrogen and oxygen atoms in total. The zero-order valence-electron chi connectivity index (χ0n) is 7.13. The Morgan fingerprint density at radius 1 is 1.42 bits per heavy atom. The van der Waals surface area contributed by atoms with Crippen molar-refractivity contribution >= 4 is 12.5 Å². The minimum atomic E-state index is -0.418. The molecule has 0 fully saturated rings. The van der Waals surface area contributed by atoms with Crippen molar-refractivity contribution in [1.82, 2.24) is 10.6 Å². The van der Waals surface area contributed by atoms with Crippen LogP contribution in [0.3, 0.4) is 0 Å². The number of ether oxygens (including phenoxy) is 1. The lowest BCUT2D eigenvalue weighted by Gasteiger charge is -2.02. The number of methoxy groups -OCH3 is 1. The van der Waals surface area contributed by atoms with E-state index in [4.69, 9.17) is 0 Å². The molecule has 0 aromatic rings. The molecule has 0 saturated heterocycles. The predicted octanol–water partition coefficient (Wildman–Crippen LogP) is -0.131. The van der Waals surface area contributed by atoms with Crippen LogP contribution in [-0.2, 0) is 9.53 Å². The van der Waals surface area contributed by atoms with Gasteiger partial charge in [0.2, 0.25) is 6.41 Å². The first-order valence-corrected chi connectivity index (χ1v) is 3.80. The summed E-state index contributed by atoms with van der Waals surface area (Å²) in [5.41, 5.74) is 0. The molecule has 0 aliphatic heterocycles. The van der Waals surface area contributed by atoms with Gasteiger partial charge in [-0.3, -0.25) is 4.79 Å². The number of hydrogen-bond acceptors (Lipinski definition) is 3. The summed E-state index contributed by atoms with van der Waals surface area (Å²) in [5, 5.41) is 5.06. The Labute approximate surface area is 71.5 Å². The van der Waals surface area contributed by atoms with Gasteiger partial charge in [0, 0.05) is 13.1 Å². The molecule has 0 aromatic carbocycles. The number of hydrogen-bond donors (Lipinski definition) is 2. The molecule has 12 heavy (non-hydrogen) atoms. The Balaban J connectivity index is 3.00. The Hall–Kier alpha value is -1.26. The van der Waals surface area contributed by atoms with Crippen molar-refractivity contribution < 1.29 is 14.3 Å². The number of carbonyl (C=O) groups is 2. The molecular weight excluding hydrogens is 160 g/mol. The molecular formula is C7H14N2O3. The summed E-state index contributed by atoms with van der Waals surface area (Å²) in [7, 11) is 1.32. The lowest BCUT2D eigenvalue weighted by molar-refractivity contribution is -0.109. The lowest BCUT2D eigenvalue weighted by Crippen LogP contribution is -2.24. The molecule has 0 aliphatic carbocycles. The van der Waals surface area contributed by atoms with Crippen molar-refractivity contribution in [3.8, 4) is 0 Å². The van der Waals surface area contributed by atoms with Gasteiger partial charge in [-0.1, -0.05) is 0 Å². The number of amides is 2. The van der Waals surface area contributed by atoms with Crippen molar-refractivity contribution in [3.05, 3.63) is 0 Å². The summed E-state index contributed by atoms with van der Waals surface area (Å²) in [4.78, 5) is 20.3. The summed E-state index contributed by atoms with van der Waals surface area (Å²) >= 11 is 0. The Morgan fingerprint density at radius 3 is 2.67 bits per heavy atom. The van der Waals surface area contributed by atoms with Crippen molar-refractivity contribution in [2.45, 2.75) is 12.8 Å². The molecule has 0 aliphatic rings. The normalized spacial score (nSPS) is 8.75. The number of unbranched alkanes of at least 4 members (excludes halogenated alkanes) is 1. The van der Waals surface area contributed by atoms with Gasteiger partial charge in [0.1, 0.15) is 0 Å². The molecule has 2 amide bonds. The highest BCUT2D eigenvalue weighted by atomic mass is 16.5. The monoisotopic (exact) mass is 174 g/mol. The van der Waals surface area contributed by atoms with Crippen LogP contribution >= 0.6 is 0 Å². The van der Waals surface area contributed by atoms with Crippen molar-refractivity contribution in [2.75, 3.05) is 20.2 Å². The molecule has 0 aromatic heterocycles. The van der Waals surface area contributed by atoms with Gasteiger partial charge >= 0.3 is 6.09 Å². The molecule has 0 spiro atoms. The molecule has 0 saturated carbocycles. The molecule has 5 heteroatoms. The van der Waals surface area contributed by atoms with Crippen LogP contribution in [-0.4, -0.2) is 32.7 Å². The Morgan fingerprint density at radius 2 is 2.08 bits per heavy atom. The van der Waals surface area contributed by atoms with Crippen LogP contribution in [0.15, 0.2) is 0 Å². The van der Waals surface area contributed by atoms with E-state index in [2.05, 4.69) is 15.4 Å². The van der Waals surface area contributed by atoms with E-state index in [1.54, 1.807) is 0 Å². The van der Waals surface area contributed by atoms with Crippen LogP contribution in [0.25, 0.3) is 0 Å². The fourth-order valence-corrected chi connectivity index (χ4v) is 0.674. The average Bonchev–Trinajstić information content (AvgIpc) is 2.10. The Bertz CT molecular complexity index is 139. The van der Waals surface area contributed by atoms with E-state index in [0.717, 1.165) is 12.8 Å². The van der Waals surface area contributed by atoms with Gasteiger partial charge in [0.15, 0.2) is 0 Å². The molecule has 0 atom stereocenters. The smallest absolute Gasteiger partial charge is 0.406 e. The summed E-state index contributed by atoms with van der Waals surface area (Å²) in [5.74, 6) is 0. The van der Waals surface area contributed by atoms with Crippen molar-refractivity contribution in [2.24, 2.45) is 0 Å². The van der Waals surface area contributed by atoms with Gasteiger partial charge in [-0.2, -0.15) is 0 Å². The van der Waals surface area contributed by atoms with E-state index < -0.39 is 6.09 Å². The highest BCUT2D eigenvalue weighted by Gasteiger charge is 1.95. The maximum Gasteiger partial charge on any atom is 0.406 e. The van der Waals surface area contributed by atoms with E-state index in [9.17, 15) is 9.59 Å². The van der Waals surface area contributed by atoms with E-state index in [1.165, 1.54) is 7.11 Å². The Kier molecular flexibility index (Phi) is 7.02. The van der Waals surface area contributed by atoms with Crippen LogP contribution in [0.5, 0.6) is 0 Å². The minimum absolute atomic E-state index is 0.418. The summed E-state index contributed by atoms with van der Waals surface area (Å²) in [6.07, 6.45) is 1.92. The first-order valence-electron chi connectivity index (χ1n) is 3.80. The fraction of sp³-hybridized carbons (Fsp3) is 0.714. The molecule has 0 rings (SSSR count). The number of nitrogens with one attached hydrogen (secondary N) is 2. The SMILES string of the molecule is COC(=O)NCCCCNC=O. The van der Waals surface area contributed by atoms with Crippen LogP contribution in [0, 0.1) is 0 Å². The van der Waals surface area contributed by atoms with E-state index in [1.807, 2.05) is 0 Å². The first-order chi connectivity index (χ1) is 5.81. The third kappa shape index (κ3) is 6.85. The first kappa shape index (κ1) is 10.7. The molecule has 0 radical (unpaired) electrons. The van der Waals surface area contributed by atoms with Crippen LogP contribution in [0.4, 0.5) is 4.79 Å². The highest BCUT2D eigenvalue weighted by molar-refractivity contribution is 5.66. The second kappa shape index (κ2) is 7.84. The molecule has 0 bridgehead atoms. The van der Waals surface area contributed by atoms with Gasteiger partial charge in [0.25, 0.3) is 0 Å². The summed E-state index contributed by atoms with van der Waals surface area (Å²) in [6.45, 7) is 1.22. The van der Waals surface area contributed by atoms with Crippen molar-refractivity contribution in [3.63, 3.8) is 0 Å². The molecule has 0 unspecified atom stereocenters. The summed E-state index contributed by atoms with van der Waals surface area (Å²) < 4.78 is 4.36. The van der Waals surface area contributed by atoms with Gasteiger partial charge in [-0.25, -0.2) is 4.79 Å². The maximum absolute atomic E-state index is 10.5. The zero-order chi connectivity index (χ0) is 9.23. The molecule has 70 valence electrons. The van der Waals surface area contributed by atoms with Gasteiger partial charge in [0.05, 0.1) is 7.11 Å². The minimum Gasteiger partial charge on any atom is -0.453 e. The van der Waals surface area contributed by atoms with Crippen molar-refractivity contribution in [1.29, 1.82) is 0 Å². The number of carbonyl (C=O) groups excluding carboxylic acids is 2. The standard InChI is InChI=1S/C7H14N2O3/c1-12-7(11)9-5-3-2-4-8-6-10/h6H,2-5H2,1H3,(H,8,10)(H,9,11). The average molecular weight is 174 g/mol. The zero-order valence-corrected chi connectivity index (χ0v) is 7.13. The topological polar surface area (TPSA) is 67.4 Å². The van der Waals surface area contributed by atoms with Crippen LogP contribution < -0.4 is 10.6 Å². The van der Waals surface area contributed by atoms with E-state index >= 15 is 0 Å².